The van der Waals surface area contributed by atoms with Crippen molar-refractivity contribution < 1.29 is 9.53 Å². The standard InChI is InChI=1S/C8H13N3O2/c1-6(7(9)8(12)13-2)11-4-3-10-5-11/h3-7H,9H2,1-2H3/t6-,7-/m1/s1. The molecule has 1 aromatic heterocycles. The number of aromatic nitrogens is 2. The number of hydrogen-bond donors (Lipinski definition) is 1. The predicted octanol–water partition coefficient (Wildman–Crippen LogP) is -0.0556. The summed E-state index contributed by atoms with van der Waals surface area (Å²) in [5.41, 5.74) is 5.64. The van der Waals surface area contributed by atoms with Gasteiger partial charge < -0.3 is 15.0 Å². The van der Waals surface area contributed by atoms with E-state index in [1.54, 1.807) is 23.3 Å². The van der Waals surface area contributed by atoms with Crippen molar-refractivity contribution in [3.63, 3.8) is 0 Å². The maximum absolute atomic E-state index is 11.1. The van der Waals surface area contributed by atoms with Crippen molar-refractivity contribution in [1.29, 1.82) is 0 Å². The minimum absolute atomic E-state index is 0.144. The van der Waals surface area contributed by atoms with Gasteiger partial charge in [0.05, 0.1) is 19.5 Å². The molecule has 0 saturated heterocycles. The Labute approximate surface area is 76.5 Å². The molecule has 0 unspecified atom stereocenters. The fourth-order valence-corrected chi connectivity index (χ4v) is 1.03. The van der Waals surface area contributed by atoms with Gasteiger partial charge in [-0.2, -0.15) is 0 Å². The van der Waals surface area contributed by atoms with Crippen molar-refractivity contribution in [2.75, 3.05) is 7.11 Å². The van der Waals surface area contributed by atoms with Gasteiger partial charge in [0.2, 0.25) is 0 Å². The minimum Gasteiger partial charge on any atom is -0.468 e. The Kier molecular flexibility index (Phi) is 3.02. The van der Waals surface area contributed by atoms with Gasteiger partial charge in [0.15, 0.2) is 0 Å². The van der Waals surface area contributed by atoms with E-state index in [9.17, 15) is 4.79 Å². The van der Waals surface area contributed by atoms with Crippen molar-refractivity contribution in [1.82, 2.24) is 9.55 Å². The molecule has 1 rings (SSSR count). The van der Waals surface area contributed by atoms with Crippen molar-refractivity contribution in [2.24, 2.45) is 5.73 Å². The van der Waals surface area contributed by atoms with Crippen molar-refractivity contribution in [3.8, 4) is 0 Å². The third-order valence-electron chi connectivity index (χ3n) is 1.99. The lowest BCUT2D eigenvalue weighted by molar-refractivity contribution is -0.143. The van der Waals surface area contributed by atoms with Crippen LogP contribution in [0.2, 0.25) is 0 Å². The number of carbonyl (C=O) groups excluding carboxylic acids is 1. The number of hydrogen-bond acceptors (Lipinski definition) is 4. The Morgan fingerprint density at radius 1 is 1.69 bits per heavy atom. The summed E-state index contributed by atoms with van der Waals surface area (Å²) in [6.45, 7) is 1.84. The molecule has 0 fully saturated rings. The summed E-state index contributed by atoms with van der Waals surface area (Å²) in [6.07, 6.45) is 5.02. The lowest BCUT2D eigenvalue weighted by atomic mass is 10.1. The van der Waals surface area contributed by atoms with Crippen molar-refractivity contribution in [3.05, 3.63) is 18.7 Å². The monoisotopic (exact) mass is 183 g/mol. The Morgan fingerprint density at radius 3 is 2.85 bits per heavy atom. The molecule has 0 spiro atoms. The molecule has 0 saturated carbocycles. The van der Waals surface area contributed by atoms with Crippen molar-refractivity contribution >= 4 is 5.97 Å². The molecular formula is C8H13N3O2. The predicted molar refractivity (Wildman–Crippen MR) is 46.9 cm³/mol. The fraction of sp³-hybridized carbons (Fsp3) is 0.500. The molecule has 5 nitrogen and oxygen atoms in total. The highest BCUT2D eigenvalue weighted by molar-refractivity contribution is 5.75. The Balaban J connectivity index is 2.68. The third kappa shape index (κ3) is 2.06. The van der Waals surface area contributed by atoms with E-state index >= 15 is 0 Å². The average molecular weight is 183 g/mol. The summed E-state index contributed by atoms with van der Waals surface area (Å²) >= 11 is 0. The van der Waals surface area contributed by atoms with Gasteiger partial charge in [-0.25, -0.2) is 4.98 Å². The zero-order valence-electron chi connectivity index (χ0n) is 7.68. The Hall–Kier alpha value is -1.36. The van der Waals surface area contributed by atoms with Gasteiger partial charge in [-0.1, -0.05) is 0 Å². The molecule has 0 aliphatic rings. The van der Waals surface area contributed by atoms with Crippen LogP contribution in [0.25, 0.3) is 0 Å². The smallest absolute Gasteiger partial charge is 0.324 e. The average Bonchev–Trinajstić information content (AvgIpc) is 2.67. The van der Waals surface area contributed by atoms with Crippen LogP contribution < -0.4 is 5.73 Å². The van der Waals surface area contributed by atoms with Crippen LogP contribution >= 0.6 is 0 Å². The lowest BCUT2D eigenvalue weighted by Gasteiger charge is -2.18. The summed E-state index contributed by atoms with van der Waals surface area (Å²) in [5.74, 6) is -0.416. The van der Waals surface area contributed by atoms with Crippen LogP contribution in [0.3, 0.4) is 0 Å². The van der Waals surface area contributed by atoms with E-state index in [4.69, 9.17) is 5.73 Å². The molecule has 2 N–H and O–H groups in total. The molecule has 0 bridgehead atoms. The second-order valence-electron chi connectivity index (χ2n) is 2.80. The van der Waals surface area contributed by atoms with Gasteiger partial charge in [-0.3, -0.25) is 4.79 Å². The number of nitrogens with zero attached hydrogens (tertiary/aromatic N) is 2. The van der Waals surface area contributed by atoms with Gasteiger partial charge in [0.25, 0.3) is 0 Å². The molecule has 1 heterocycles. The van der Waals surface area contributed by atoms with Gasteiger partial charge in [-0.05, 0) is 6.92 Å². The van der Waals surface area contributed by atoms with Crippen LogP contribution in [0.15, 0.2) is 18.7 Å². The normalized spacial score (nSPS) is 15.0. The van der Waals surface area contributed by atoms with Gasteiger partial charge >= 0.3 is 5.97 Å². The first-order valence-corrected chi connectivity index (χ1v) is 3.97. The second-order valence-corrected chi connectivity index (χ2v) is 2.80. The summed E-state index contributed by atoms with van der Waals surface area (Å²) in [7, 11) is 1.32. The summed E-state index contributed by atoms with van der Waals surface area (Å²) < 4.78 is 6.30. The number of nitrogens with two attached hydrogens (primary N) is 1. The summed E-state index contributed by atoms with van der Waals surface area (Å²) in [5, 5.41) is 0. The number of esters is 1. The van der Waals surface area contributed by atoms with E-state index in [0.29, 0.717) is 0 Å². The van der Waals surface area contributed by atoms with Crippen LogP contribution in [0.1, 0.15) is 13.0 Å². The van der Waals surface area contributed by atoms with Crippen LogP contribution in [-0.2, 0) is 9.53 Å². The minimum atomic E-state index is -0.654. The molecule has 0 aliphatic heterocycles. The van der Waals surface area contributed by atoms with E-state index in [1.807, 2.05) is 6.92 Å². The summed E-state index contributed by atoms with van der Waals surface area (Å²) in [6, 6.07) is -0.797. The van der Waals surface area contributed by atoms with Gasteiger partial charge in [0.1, 0.15) is 6.04 Å². The molecule has 0 amide bonds. The van der Waals surface area contributed by atoms with Crippen LogP contribution in [0, 0.1) is 0 Å². The van der Waals surface area contributed by atoms with E-state index in [2.05, 4.69) is 9.72 Å². The van der Waals surface area contributed by atoms with E-state index in [0.717, 1.165) is 0 Å². The fourth-order valence-electron chi connectivity index (χ4n) is 1.03. The maximum atomic E-state index is 11.1. The Morgan fingerprint density at radius 2 is 2.38 bits per heavy atom. The van der Waals surface area contributed by atoms with Gasteiger partial charge in [-0.15, -0.1) is 0 Å². The largest absolute Gasteiger partial charge is 0.468 e. The highest BCUT2D eigenvalue weighted by atomic mass is 16.5. The molecule has 1 aromatic rings. The zero-order valence-corrected chi connectivity index (χ0v) is 7.68. The molecule has 0 aliphatic carbocycles. The van der Waals surface area contributed by atoms with Crippen LogP contribution in [-0.4, -0.2) is 28.7 Å². The van der Waals surface area contributed by atoms with E-state index in [1.165, 1.54) is 7.11 Å². The molecule has 2 atom stereocenters. The number of imidazole rings is 1. The molecule has 13 heavy (non-hydrogen) atoms. The first-order chi connectivity index (χ1) is 6.16. The van der Waals surface area contributed by atoms with Crippen LogP contribution in [0.4, 0.5) is 0 Å². The molecule has 0 radical (unpaired) electrons. The van der Waals surface area contributed by atoms with E-state index < -0.39 is 12.0 Å². The summed E-state index contributed by atoms with van der Waals surface area (Å²) in [4.78, 5) is 14.9. The zero-order chi connectivity index (χ0) is 9.84. The van der Waals surface area contributed by atoms with Crippen LogP contribution in [0.5, 0.6) is 0 Å². The Bertz CT molecular complexity index is 271. The molecule has 5 heteroatoms. The quantitative estimate of drug-likeness (QED) is 0.667. The molecule has 0 aromatic carbocycles. The number of rotatable bonds is 3. The third-order valence-corrected chi connectivity index (χ3v) is 1.99. The molecular weight excluding hydrogens is 170 g/mol. The number of ether oxygens (including phenoxy) is 1. The lowest BCUT2D eigenvalue weighted by Crippen LogP contribution is -2.38. The number of carbonyl (C=O) groups is 1. The van der Waals surface area contributed by atoms with Crippen molar-refractivity contribution in [2.45, 2.75) is 19.0 Å². The first kappa shape index (κ1) is 9.73. The topological polar surface area (TPSA) is 70.1 Å². The first-order valence-electron chi connectivity index (χ1n) is 3.97. The SMILES string of the molecule is COC(=O)[C@H](N)[C@@H](C)n1ccnc1. The molecule has 72 valence electrons. The number of methoxy groups -OCH3 is 1. The van der Waals surface area contributed by atoms with E-state index in [-0.39, 0.29) is 6.04 Å². The highest BCUT2D eigenvalue weighted by Crippen LogP contribution is 2.09. The maximum Gasteiger partial charge on any atom is 0.324 e. The second kappa shape index (κ2) is 4.04. The van der Waals surface area contributed by atoms with Gasteiger partial charge in [0, 0.05) is 12.4 Å². The highest BCUT2D eigenvalue weighted by Gasteiger charge is 2.22.